The van der Waals surface area contributed by atoms with Crippen LogP contribution in [-0.4, -0.2) is 13.4 Å². The largest absolute Gasteiger partial charge is 0.275 e. The third-order valence-electron chi connectivity index (χ3n) is 2.56. The van der Waals surface area contributed by atoms with Gasteiger partial charge in [0.05, 0.1) is 4.90 Å². The van der Waals surface area contributed by atoms with Gasteiger partial charge in [0.1, 0.15) is 5.69 Å². The van der Waals surface area contributed by atoms with Crippen molar-refractivity contribution in [2.24, 2.45) is 0 Å². The van der Waals surface area contributed by atoms with Gasteiger partial charge in [0.15, 0.2) is 0 Å². The van der Waals surface area contributed by atoms with Gasteiger partial charge in [-0.05, 0) is 49.2 Å². The van der Waals surface area contributed by atoms with Gasteiger partial charge in [-0.2, -0.15) is 13.8 Å². The monoisotopic (exact) mass is 298 g/mol. The number of aromatic nitrogens is 1. The predicted octanol–water partition coefficient (Wildman–Crippen LogP) is 2.78. The second-order valence-electron chi connectivity index (χ2n) is 4.40. The molecular weight excluding hydrogens is 286 g/mol. The van der Waals surface area contributed by atoms with E-state index in [9.17, 15) is 17.2 Å². The molecule has 106 valence electrons. The molecule has 7 heteroatoms. The zero-order valence-corrected chi connectivity index (χ0v) is 11.6. The molecule has 0 bridgehead atoms. The Bertz CT molecular complexity index is 741. The van der Waals surface area contributed by atoms with Crippen LogP contribution in [0.4, 0.5) is 14.5 Å². The Labute approximate surface area is 115 Å². The van der Waals surface area contributed by atoms with E-state index in [1.165, 1.54) is 12.1 Å². The molecule has 20 heavy (non-hydrogen) atoms. The number of halogens is 2. The van der Waals surface area contributed by atoms with Gasteiger partial charge < -0.3 is 0 Å². The van der Waals surface area contributed by atoms with Crippen molar-refractivity contribution in [3.63, 3.8) is 0 Å². The van der Waals surface area contributed by atoms with Crippen molar-refractivity contribution in [3.8, 4) is 0 Å². The summed E-state index contributed by atoms with van der Waals surface area (Å²) in [6.45, 7) is 3.51. The van der Waals surface area contributed by atoms with Crippen molar-refractivity contribution in [2.75, 3.05) is 4.72 Å². The normalized spacial score (nSPS) is 11.4. The topological polar surface area (TPSA) is 59.1 Å². The third-order valence-corrected chi connectivity index (χ3v) is 3.91. The first-order valence-electron chi connectivity index (χ1n) is 5.71. The van der Waals surface area contributed by atoms with E-state index in [0.29, 0.717) is 0 Å². The summed E-state index contributed by atoms with van der Waals surface area (Å²) in [5.74, 6) is -2.23. The van der Waals surface area contributed by atoms with Crippen LogP contribution < -0.4 is 4.72 Å². The number of benzene rings is 1. The Morgan fingerprint density at radius 1 is 1.05 bits per heavy atom. The molecule has 0 atom stereocenters. The fourth-order valence-corrected chi connectivity index (χ4v) is 3.02. The van der Waals surface area contributed by atoms with E-state index in [2.05, 4.69) is 9.71 Å². The maximum atomic E-state index is 13.4. The summed E-state index contributed by atoms with van der Waals surface area (Å²) in [6.07, 6.45) is 0. The second-order valence-corrected chi connectivity index (χ2v) is 6.08. The molecule has 1 heterocycles. The lowest BCUT2D eigenvalue weighted by molar-refractivity contribution is 0.515. The minimum Gasteiger partial charge on any atom is -0.275 e. The van der Waals surface area contributed by atoms with Gasteiger partial charge in [-0.15, -0.1) is 0 Å². The van der Waals surface area contributed by atoms with Crippen LogP contribution >= 0.6 is 0 Å². The third kappa shape index (κ3) is 3.11. The Kier molecular flexibility index (Phi) is 3.71. The van der Waals surface area contributed by atoms with Gasteiger partial charge in [-0.3, -0.25) is 4.72 Å². The van der Waals surface area contributed by atoms with Crippen molar-refractivity contribution < 1.29 is 17.2 Å². The summed E-state index contributed by atoms with van der Waals surface area (Å²) in [4.78, 5) is 2.94. The highest BCUT2D eigenvalue weighted by atomic mass is 32.2. The Hall–Kier alpha value is -2.02. The SMILES string of the molecule is Cc1cc(C)cc(S(=O)(=O)Nc2ccc(F)nc2F)c1. The minimum absolute atomic E-state index is 0.0127. The Balaban J connectivity index is 2.40. The van der Waals surface area contributed by atoms with E-state index in [-0.39, 0.29) is 4.90 Å². The number of rotatable bonds is 3. The molecule has 0 unspecified atom stereocenters. The van der Waals surface area contributed by atoms with Crippen LogP contribution in [0, 0.1) is 25.7 Å². The molecule has 0 aliphatic carbocycles. The molecule has 0 aliphatic heterocycles. The number of pyridine rings is 1. The highest BCUT2D eigenvalue weighted by Crippen LogP contribution is 2.20. The fourth-order valence-electron chi connectivity index (χ4n) is 1.78. The van der Waals surface area contributed by atoms with Crippen LogP contribution in [0.2, 0.25) is 0 Å². The first-order valence-corrected chi connectivity index (χ1v) is 7.19. The van der Waals surface area contributed by atoms with Crippen LogP contribution in [-0.2, 0) is 10.0 Å². The molecule has 0 fully saturated rings. The molecule has 1 aromatic heterocycles. The van der Waals surface area contributed by atoms with Crippen LogP contribution in [0.5, 0.6) is 0 Å². The summed E-state index contributed by atoms with van der Waals surface area (Å²) in [7, 11) is -3.95. The number of aryl methyl sites for hydroxylation is 2. The number of hydrogen-bond acceptors (Lipinski definition) is 3. The van der Waals surface area contributed by atoms with E-state index in [0.717, 1.165) is 23.3 Å². The summed E-state index contributed by atoms with van der Waals surface area (Å²) in [6, 6.07) is 6.60. The van der Waals surface area contributed by atoms with Crippen molar-refractivity contribution in [3.05, 3.63) is 53.4 Å². The average molecular weight is 298 g/mol. The molecule has 0 aliphatic rings. The quantitative estimate of drug-likeness (QED) is 0.886. The number of anilines is 1. The Morgan fingerprint density at radius 2 is 1.65 bits per heavy atom. The molecule has 2 aromatic rings. The summed E-state index contributed by atoms with van der Waals surface area (Å²) in [5, 5.41) is 0. The zero-order valence-electron chi connectivity index (χ0n) is 10.8. The van der Waals surface area contributed by atoms with Crippen LogP contribution in [0.3, 0.4) is 0 Å². The number of hydrogen-bond donors (Lipinski definition) is 1. The molecule has 1 N–H and O–H groups in total. The number of sulfonamides is 1. The van der Waals surface area contributed by atoms with E-state index < -0.39 is 27.6 Å². The number of nitrogens with one attached hydrogen (secondary N) is 1. The van der Waals surface area contributed by atoms with E-state index in [4.69, 9.17) is 0 Å². The highest BCUT2D eigenvalue weighted by molar-refractivity contribution is 7.92. The lowest BCUT2D eigenvalue weighted by Crippen LogP contribution is -2.15. The van der Waals surface area contributed by atoms with Crippen LogP contribution in [0.15, 0.2) is 35.2 Å². The summed E-state index contributed by atoms with van der Waals surface area (Å²) < 4.78 is 52.4. The molecule has 0 saturated heterocycles. The minimum atomic E-state index is -3.95. The molecule has 0 spiro atoms. The Morgan fingerprint density at radius 3 is 2.20 bits per heavy atom. The fraction of sp³-hybridized carbons (Fsp3) is 0.154. The van der Waals surface area contributed by atoms with Gasteiger partial charge in [0.25, 0.3) is 10.0 Å². The first-order chi connectivity index (χ1) is 9.28. The molecule has 0 radical (unpaired) electrons. The molecule has 1 aromatic carbocycles. The van der Waals surface area contributed by atoms with Crippen molar-refractivity contribution >= 4 is 15.7 Å². The summed E-state index contributed by atoms with van der Waals surface area (Å²) >= 11 is 0. The van der Waals surface area contributed by atoms with Gasteiger partial charge in [0.2, 0.25) is 11.9 Å². The lowest BCUT2D eigenvalue weighted by Gasteiger charge is -2.10. The van der Waals surface area contributed by atoms with Crippen LogP contribution in [0.1, 0.15) is 11.1 Å². The molecular formula is C13H12F2N2O2S. The first kappa shape index (κ1) is 14.4. The van der Waals surface area contributed by atoms with Gasteiger partial charge in [-0.25, -0.2) is 8.42 Å². The average Bonchev–Trinajstić information content (AvgIpc) is 2.31. The second kappa shape index (κ2) is 5.16. The molecule has 0 amide bonds. The molecule has 0 saturated carbocycles. The van der Waals surface area contributed by atoms with Gasteiger partial charge >= 0.3 is 0 Å². The van der Waals surface area contributed by atoms with Crippen LogP contribution in [0.25, 0.3) is 0 Å². The van der Waals surface area contributed by atoms with E-state index >= 15 is 0 Å². The smallest absolute Gasteiger partial charge is 0.262 e. The maximum Gasteiger partial charge on any atom is 0.262 e. The van der Waals surface area contributed by atoms with Crippen molar-refractivity contribution in [1.29, 1.82) is 0 Å². The van der Waals surface area contributed by atoms with Gasteiger partial charge in [-0.1, -0.05) is 6.07 Å². The molecule has 4 nitrogen and oxygen atoms in total. The van der Waals surface area contributed by atoms with E-state index in [1.54, 1.807) is 13.8 Å². The summed E-state index contributed by atoms with van der Waals surface area (Å²) in [5.41, 5.74) is 1.14. The highest BCUT2D eigenvalue weighted by Gasteiger charge is 2.17. The zero-order chi connectivity index (χ0) is 14.9. The standard InChI is InChI=1S/C13H12F2N2O2S/c1-8-5-9(2)7-10(6-8)20(18,19)17-11-3-4-12(14)16-13(11)15/h3-7,17H,1-2H3. The van der Waals surface area contributed by atoms with Crippen molar-refractivity contribution in [1.82, 2.24) is 4.98 Å². The predicted molar refractivity (Wildman–Crippen MR) is 70.9 cm³/mol. The maximum absolute atomic E-state index is 13.4. The van der Waals surface area contributed by atoms with Crippen molar-refractivity contribution in [2.45, 2.75) is 18.7 Å². The van der Waals surface area contributed by atoms with E-state index in [1.807, 2.05) is 6.07 Å². The lowest BCUT2D eigenvalue weighted by atomic mass is 10.2. The number of nitrogens with zero attached hydrogens (tertiary/aromatic N) is 1. The van der Waals surface area contributed by atoms with Gasteiger partial charge in [0, 0.05) is 0 Å². The molecule has 2 rings (SSSR count).